The maximum absolute atomic E-state index is 13.0. The SMILES string of the molecule is CN1CCN(C(=O)c2cccc(Nc3nccc(-c4cnn(CC(C#N)C5CCCC5)c4)n3)c2)CC1. The van der Waals surface area contributed by atoms with E-state index in [1.165, 1.54) is 12.8 Å². The lowest BCUT2D eigenvalue weighted by molar-refractivity contribution is 0.0664. The summed E-state index contributed by atoms with van der Waals surface area (Å²) in [5.74, 6) is 0.951. The van der Waals surface area contributed by atoms with Gasteiger partial charge in [0.05, 0.1) is 30.4 Å². The van der Waals surface area contributed by atoms with Crippen LogP contribution in [0.2, 0.25) is 0 Å². The molecule has 0 radical (unpaired) electrons. The summed E-state index contributed by atoms with van der Waals surface area (Å²) in [5, 5.41) is 17.4. The number of hydrogen-bond acceptors (Lipinski definition) is 7. The van der Waals surface area contributed by atoms with E-state index in [1.54, 1.807) is 12.4 Å². The van der Waals surface area contributed by atoms with Gasteiger partial charge in [0.15, 0.2) is 0 Å². The van der Waals surface area contributed by atoms with Crippen molar-refractivity contribution in [2.45, 2.75) is 32.2 Å². The average Bonchev–Trinajstić information content (AvgIpc) is 3.60. The first-order chi connectivity index (χ1) is 17.6. The van der Waals surface area contributed by atoms with E-state index in [4.69, 9.17) is 0 Å². The monoisotopic (exact) mass is 484 g/mol. The number of aromatic nitrogens is 4. The summed E-state index contributed by atoms with van der Waals surface area (Å²) < 4.78 is 1.85. The van der Waals surface area contributed by atoms with E-state index in [-0.39, 0.29) is 11.8 Å². The van der Waals surface area contributed by atoms with Crippen molar-refractivity contribution in [1.82, 2.24) is 29.5 Å². The number of piperazine rings is 1. The fourth-order valence-corrected chi connectivity index (χ4v) is 5.08. The van der Waals surface area contributed by atoms with Crippen molar-refractivity contribution in [3.8, 4) is 17.3 Å². The van der Waals surface area contributed by atoms with Crippen LogP contribution in [0.3, 0.4) is 0 Å². The van der Waals surface area contributed by atoms with E-state index in [2.05, 4.69) is 38.4 Å². The van der Waals surface area contributed by atoms with Crippen LogP contribution >= 0.6 is 0 Å². The molecule has 0 spiro atoms. The zero-order valence-electron chi connectivity index (χ0n) is 20.7. The number of nitrogens with one attached hydrogen (secondary N) is 1. The van der Waals surface area contributed by atoms with Crippen LogP contribution in [0.25, 0.3) is 11.3 Å². The van der Waals surface area contributed by atoms with E-state index in [0.717, 1.165) is 56.0 Å². The van der Waals surface area contributed by atoms with Crippen LogP contribution in [0.4, 0.5) is 11.6 Å². The zero-order chi connectivity index (χ0) is 24.9. The normalized spacial score (nSPS) is 17.6. The third-order valence-corrected chi connectivity index (χ3v) is 7.26. The Morgan fingerprint density at radius 1 is 1.19 bits per heavy atom. The highest BCUT2D eigenvalue weighted by molar-refractivity contribution is 5.95. The molecule has 2 aromatic heterocycles. The van der Waals surface area contributed by atoms with Gasteiger partial charge < -0.3 is 15.1 Å². The van der Waals surface area contributed by atoms with Crippen molar-refractivity contribution >= 4 is 17.5 Å². The van der Waals surface area contributed by atoms with E-state index >= 15 is 0 Å². The van der Waals surface area contributed by atoms with Crippen molar-refractivity contribution < 1.29 is 4.79 Å². The lowest BCUT2D eigenvalue weighted by atomic mass is 9.92. The van der Waals surface area contributed by atoms with Crippen molar-refractivity contribution in [2.24, 2.45) is 11.8 Å². The van der Waals surface area contributed by atoms with Gasteiger partial charge >= 0.3 is 0 Å². The van der Waals surface area contributed by atoms with Gasteiger partial charge in [-0.1, -0.05) is 18.9 Å². The first-order valence-electron chi connectivity index (χ1n) is 12.7. The first kappa shape index (κ1) is 23.9. The van der Waals surface area contributed by atoms with Crippen molar-refractivity contribution in [2.75, 3.05) is 38.5 Å². The second kappa shape index (κ2) is 10.9. The van der Waals surface area contributed by atoms with E-state index < -0.39 is 0 Å². The predicted octanol–water partition coefficient (Wildman–Crippen LogP) is 3.80. The smallest absolute Gasteiger partial charge is 0.254 e. The topological polar surface area (TPSA) is 103 Å². The minimum absolute atomic E-state index is 0.0105. The average molecular weight is 485 g/mol. The molecule has 1 unspecified atom stereocenters. The van der Waals surface area contributed by atoms with Crippen LogP contribution in [0.1, 0.15) is 36.0 Å². The van der Waals surface area contributed by atoms with E-state index in [0.29, 0.717) is 24.0 Å². The number of nitrogens with zero attached hydrogens (tertiary/aromatic N) is 7. The molecule has 9 nitrogen and oxygen atoms in total. The van der Waals surface area contributed by atoms with Gasteiger partial charge in [-0.15, -0.1) is 0 Å². The summed E-state index contributed by atoms with van der Waals surface area (Å²) in [6, 6.07) is 11.8. The fraction of sp³-hybridized carbons (Fsp3) is 0.444. The van der Waals surface area contributed by atoms with Crippen molar-refractivity contribution in [3.63, 3.8) is 0 Å². The number of anilines is 2. The quantitative estimate of drug-likeness (QED) is 0.544. The van der Waals surface area contributed by atoms with Gasteiger partial charge in [-0.05, 0) is 50.1 Å². The molecule has 3 heterocycles. The molecule has 2 aliphatic rings. The van der Waals surface area contributed by atoms with Crippen LogP contribution in [-0.4, -0.2) is 68.7 Å². The molecule has 36 heavy (non-hydrogen) atoms. The molecule has 9 heteroatoms. The molecule has 2 fully saturated rings. The first-order valence-corrected chi connectivity index (χ1v) is 12.7. The lowest BCUT2D eigenvalue weighted by Crippen LogP contribution is -2.47. The summed E-state index contributed by atoms with van der Waals surface area (Å²) in [6.45, 7) is 3.85. The molecule has 1 amide bonds. The van der Waals surface area contributed by atoms with Gasteiger partial charge in [-0.3, -0.25) is 9.48 Å². The molecule has 3 aromatic rings. The van der Waals surface area contributed by atoms with E-state index in [1.807, 2.05) is 46.1 Å². The molecular weight excluding hydrogens is 452 g/mol. The number of amides is 1. The Morgan fingerprint density at radius 2 is 2.00 bits per heavy atom. The summed E-state index contributed by atoms with van der Waals surface area (Å²) in [7, 11) is 2.07. The summed E-state index contributed by atoms with van der Waals surface area (Å²) >= 11 is 0. The Hall–Kier alpha value is -3.77. The van der Waals surface area contributed by atoms with Crippen molar-refractivity contribution in [3.05, 3.63) is 54.5 Å². The second-order valence-electron chi connectivity index (χ2n) is 9.80. The molecule has 1 aliphatic carbocycles. The van der Waals surface area contributed by atoms with Gasteiger partial charge in [0, 0.05) is 55.4 Å². The van der Waals surface area contributed by atoms with Gasteiger partial charge in [0.1, 0.15) is 0 Å². The van der Waals surface area contributed by atoms with Crippen LogP contribution < -0.4 is 5.32 Å². The summed E-state index contributed by atoms with van der Waals surface area (Å²) in [6.07, 6.45) is 10.1. The highest BCUT2D eigenvalue weighted by Crippen LogP contribution is 2.32. The molecule has 1 N–H and O–H groups in total. The zero-order valence-corrected chi connectivity index (χ0v) is 20.7. The highest BCUT2D eigenvalue weighted by Gasteiger charge is 2.25. The largest absolute Gasteiger partial charge is 0.336 e. The molecule has 0 bridgehead atoms. The number of benzene rings is 1. The highest BCUT2D eigenvalue weighted by atomic mass is 16.2. The molecule has 1 atom stereocenters. The van der Waals surface area contributed by atoms with Crippen LogP contribution in [0.5, 0.6) is 0 Å². The van der Waals surface area contributed by atoms with Gasteiger partial charge in [-0.25, -0.2) is 9.97 Å². The fourth-order valence-electron chi connectivity index (χ4n) is 5.08. The Kier molecular flexibility index (Phi) is 7.23. The standard InChI is InChI=1S/C27H32N8O/c1-33-11-13-34(14-12-33)26(36)21-7-4-8-24(15-21)31-27-29-10-9-25(32-27)23-17-30-35(19-23)18-22(16-28)20-5-2-3-6-20/h4,7-10,15,17,19-20,22H,2-3,5-6,11-14,18H2,1H3,(H,29,31,32). The van der Waals surface area contributed by atoms with Crippen LogP contribution in [-0.2, 0) is 6.54 Å². The molecule has 1 saturated heterocycles. The number of rotatable bonds is 7. The van der Waals surface area contributed by atoms with Crippen LogP contribution in [0.15, 0.2) is 48.9 Å². The Labute approximate surface area is 211 Å². The van der Waals surface area contributed by atoms with Crippen molar-refractivity contribution in [1.29, 1.82) is 5.26 Å². The second-order valence-corrected chi connectivity index (χ2v) is 9.80. The predicted molar refractivity (Wildman–Crippen MR) is 137 cm³/mol. The van der Waals surface area contributed by atoms with Crippen LogP contribution in [0, 0.1) is 23.2 Å². The summed E-state index contributed by atoms with van der Waals surface area (Å²) in [5.41, 5.74) is 3.04. The Balaban J connectivity index is 1.26. The number of nitriles is 1. The van der Waals surface area contributed by atoms with E-state index in [9.17, 15) is 10.1 Å². The van der Waals surface area contributed by atoms with Gasteiger partial charge in [0.2, 0.25) is 5.95 Å². The third-order valence-electron chi connectivity index (χ3n) is 7.26. The minimum atomic E-state index is -0.0105. The third kappa shape index (κ3) is 5.55. The van der Waals surface area contributed by atoms with Gasteiger partial charge in [0.25, 0.3) is 5.91 Å². The number of carbonyl (C=O) groups excluding carboxylic acids is 1. The molecule has 1 aliphatic heterocycles. The number of likely N-dealkylation sites (N-methyl/N-ethyl adjacent to an activating group) is 1. The Morgan fingerprint density at radius 3 is 2.78 bits per heavy atom. The van der Waals surface area contributed by atoms with Gasteiger partial charge in [-0.2, -0.15) is 10.4 Å². The maximum Gasteiger partial charge on any atom is 0.254 e. The molecule has 1 aromatic carbocycles. The number of hydrogen-bond donors (Lipinski definition) is 1. The Bertz CT molecular complexity index is 1230. The lowest BCUT2D eigenvalue weighted by Gasteiger charge is -2.32. The molecule has 186 valence electrons. The summed E-state index contributed by atoms with van der Waals surface area (Å²) in [4.78, 5) is 26.1. The molecule has 1 saturated carbocycles. The minimum Gasteiger partial charge on any atom is -0.336 e. The number of carbonyl (C=O) groups is 1. The molecular formula is C27H32N8O. The maximum atomic E-state index is 13.0. The molecule has 5 rings (SSSR count).